The van der Waals surface area contributed by atoms with Gasteiger partial charge >= 0.3 is 0 Å². The van der Waals surface area contributed by atoms with Crippen LogP contribution < -0.4 is 15.4 Å². The second kappa shape index (κ2) is 12.4. The Kier molecular flexibility index (Phi) is 9.55. The monoisotopic (exact) mass is 396 g/mol. The third-order valence-electron chi connectivity index (χ3n) is 4.56. The van der Waals surface area contributed by atoms with Crippen LogP contribution in [-0.4, -0.2) is 50.1 Å². The van der Waals surface area contributed by atoms with Crippen molar-refractivity contribution in [2.45, 2.75) is 26.8 Å². The molecule has 0 aliphatic rings. The molecular formula is C23H32N4O2. The summed E-state index contributed by atoms with van der Waals surface area (Å²) in [4.78, 5) is 18.4. The van der Waals surface area contributed by atoms with Crippen LogP contribution in [0.4, 0.5) is 0 Å². The number of rotatable bonds is 10. The van der Waals surface area contributed by atoms with Crippen molar-refractivity contribution in [3.8, 4) is 5.75 Å². The summed E-state index contributed by atoms with van der Waals surface area (Å²) in [6.45, 7) is 7.48. The summed E-state index contributed by atoms with van der Waals surface area (Å²) in [5.41, 5.74) is 1.81. The summed E-state index contributed by atoms with van der Waals surface area (Å²) in [6.07, 6.45) is 0.873. The van der Waals surface area contributed by atoms with Crippen LogP contribution in [0.15, 0.2) is 59.6 Å². The molecule has 0 aliphatic heterocycles. The first kappa shape index (κ1) is 22.3. The molecule has 6 nitrogen and oxygen atoms in total. The molecule has 0 saturated carbocycles. The molecule has 0 spiro atoms. The zero-order valence-corrected chi connectivity index (χ0v) is 17.6. The van der Waals surface area contributed by atoms with Crippen molar-refractivity contribution < 1.29 is 9.53 Å². The molecule has 29 heavy (non-hydrogen) atoms. The number of carbonyl (C=O) groups is 1. The van der Waals surface area contributed by atoms with Gasteiger partial charge in [0.05, 0.1) is 6.61 Å². The van der Waals surface area contributed by atoms with E-state index >= 15 is 0 Å². The van der Waals surface area contributed by atoms with Crippen LogP contribution in [0, 0.1) is 0 Å². The van der Waals surface area contributed by atoms with E-state index in [1.54, 1.807) is 7.05 Å². The summed E-state index contributed by atoms with van der Waals surface area (Å²) in [6, 6.07) is 17.5. The van der Waals surface area contributed by atoms with Gasteiger partial charge in [0, 0.05) is 38.8 Å². The molecule has 0 atom stereocenters. The zero-order valence-electron chi connectivity index (χ0n) is 17.6. The van der Waals surface area contributed by atoms with Gasteiger partial charge in [-0.3, -0.25) is 9.79 Å². The predicted molar refractivity (Wildman–Crippen MR) is 118 cm³/mol. The van der Waals surface area contributed by atoms with Crippen molar-refractivity contribution >= 4 is 11.9 Å². The smallest absolute Gasteiger partial charge is 0.253 e. The quantitative estimate of drug-likeness (QED) is 0.367. The van der Waals surface area contributed by atoms with Gasteiger partial charge in [-0.2, -0.15) is 0 Å². The van der Waals surface area contributed by atoms with Gasteiger partial charge in [0.1, 0.15) is 5.75 Å². The lowest BCUT2D eigenvalue weighted by Gasteiger charge is -2.18. The summed E-state index contributed by atoms with van der Waals surface area (Å²) < 4.78 is 5.68. The molecular weight excluding hydrogens is 364 g/mol. The maximum absolute atomic E-state index is 12.4. The van der Waals surface area contributed by atoms with Gasteiger partial charge in [0.25, 0.3) is 5.91 Å². The van der Waals surface area contributed by atoms with Crippen molar-refractivity contribution in [2.75, 3.05) is 33.3 Å². The fourth-order valence-electron chi connectivity index (χ4n) is 2.85. The maximum Gasteiger partial charge on any atom is 0.253 e. The number of para-hydroxylation sites is 1. The number of ether oxygens (including phenoxy) is 1. The highest BCUT2D eigenvalue weighted by Crippen LogP contribution is 2.09. The van der Waals surface area contributed by atoms with Crippen LogP contribution in [0.25, 0.3) is 0 Å². The Balaban J connectivity index is 1.71. The molecule has 0 aromatic heterocycles. The molecule has 0 saturated heterocycles. The number of carbonyl (C=O) groups excluding carboxylic acids is 1. The molecule has 156 valence electrons. The number of nitrogens with one attached hydrogen (secondary N) is 2. The van der Waals surface area contributed by atoms with E-state index in [2.05, 4.69) is 15.6 Å². The highest BCUT2D eigenvalue weighted by molar-refractivity contribution is 5.94. The van der Waals surface area contributed by atoms with Crippen LogP contribution in [0.5, 0.6) is 5.75 Å². The summed E-state index contributed by atoms with van der Waals surface area (Å²) >= 11 is 0. The van der Waals surface area contributed by atoms with E-state index in [0.717, 1.165) is 48.9 Å². The molecule has 1 amide bonds. The van der Waals surface area contributed by atoms with E-state index < -0.39 is 0 Å². The molecule has 6 heteroatoms. The molecule has 0 heterocycles. The number of benzene rings is 2. The number of hydrogen-bond acceptors (Lipinski definition) is 3. The fraction of sp³-hybridized carbons (Fsp3) is 0.391. The van der Waals surface area contributed by atoms with Gasteiger partial charge in [-0.1, -0.05) is 30.3 Å². The standard InChI is InChI=1S/C23H32N4O2/c1-4-27(5-2)22(28)20-14-12-19(13-15-20)18-26-23(24-3)25-16-9-17-29-21-10-7-6-8-11-21/h6-8,10-15H,4-5,9,16-18H2,1-3H3,(H2,24,25,26). The van der Waals surface area contributed by atoms with E-state index in [-0.39, 0.29) is 5.91 Å². The van der Waals surface area contributed by atoms with Crippen molar-refractivity contribution in [3.05, 3.63) is 65.7 Å². The van der Waals surface area contributed by atoms with Crippen molar-refractivity contribution in [3.63, 3.8) is 0 Å². The van der Waals surface area contributed by atoms with Gasteiger partial charge in [-0.25, -0.2) is 0 Å². The first-order valence-corrected chi connectivity index (χ1v) is 10.2. The largest absolute Gasteiger partial charge is 0.494 e. The topological polar surface area (TPSA) is 66.0 Å². The van der Waals surface area contributed by atoms with E-state index in [0.29, 0.717) is 13.2 Å². The Bertz CT molecular complexity index is 756. The minimum absolute atomic E-state index is 0.0738. The van der Waals surface area contributed by atoms with Crippen LogP contribution in [0.3, 0.4) is 0 Å². The number of nitrogens with zero attached hydrogens (tertiary/aromatic N) is 2. The predicted octanol–water partition coefficient (Wildman–Crippen LogP) is 3.30. The Morgan fingerprint density at radius 3 is 2.31 bits per heavy atom. The van der Waals surface area contributed by atoms with Gasteiger partial charge in [0.15, 0.2) is 5.96 Å². The number of aliphatic imine (C=N–C) groups is 1. The number of hydrogen-bond donors (Lipinski definition) is 2. The lowest BCUT2D eigenvalue weighted by atomic mass is 10.1. The van der Waals surface area contributed by atoms with Crippen LogP contribution in [-0.2, 0) is 6.54 Å². The van der Waals surface area contributed by atoms with Crippen LogP contribution in [0.1, 0.15) is 36.2 Å². The summed E-state index contributed by atoms with van der Waals surface area (Å²) in [5, 5.41) is 6.57. The van der Waals surface area contributed by atoms with Crippen molar-refractivity contribution in [2.24, 2.45) is 4.99 Å². The first-order chi connectivity index (χ1) is 14.2. The van der Waals surface area contributed by atoms with E-state index in [1.807, 2.05) is 73.3 Å². The average Bonchev–Trinajstić information content (AvgIpc) is 2.77. The van der Waals surface area contributed by atoms with Gasteiger partial charge in [-0.05, 0) is 50.1 Å². The molecule has 0 bridgehead atoms. The minimum atomic E-state index is 0.0738. The fourth-order valence-corrected chi connectivity index (χ4v) is 2.85. The lowest BCUT2D eigenvalue weighted by molar-refractivity contribution is 0.0773. The van der Waals surface area contributed by atoms with Crippen molar-refractivity contribution in [1.29, 1.82) is 0 Å². The molecule has 2 aromatic rings. The number of guanidine groups is 1. The van der Waals surface area contributed by atoms with Gasteiger partial charge < -0.3 is 20.3 Å². The molecule has 0 radical (unpaired) electrons. The Hall–Kier alpha value is -3.02. The maximum atomic E-state index is 12.4. The third kappa shape index (κ3) is 7.49. The highest BCUT2D eigenvalue weighted by Gasteiger charge is 2.11. The average molecular weight is 397 g/mol. The Morgan fingerprint density at radius 1 is 1.00 bits per heavy atom. The minimum Gasteiger partial charge on any atom is -0.494 e. The molecule has 2 aromatic carbocycles. The molecule has 2 rings (SSSR count). The summed E-state index contributed by atoms with van der Waals surface area (Å²) in [7, 11) is 1.75. The Labute approximate surface area is 174 Å². The normalized spacial score (nSPS) is 11.1. The zero-order chi connectivity index (χ0) is 20.9. The van der Waals surface area contributed by atoms with E-state index in [1.165, 1.54) is 0 Å². The van der Waals surface area contributed by atoms with E-state index in [9.17, 15) is 4.79 Å². The molecule has 2 N–H and O–H groups in total. The van der Waals surface area contributed by atoms with Gasteiger partial charge in [0.2, 0.25) is 0 Å². The van der Waals surface area contributed by atoms with Crippen LogP contribution >= 0.6 is 0 Å². The number of amides is 1. The SMILES string of the molecule is CCN(CC)C(=O)c1ccc(CNC(=NC)NCCCOc2ccccc2)cc1. The molecule has 0 fully saturated rings. The first-order valence-electron chi connectivity index (χ1n) is 10.2. The Morgan fingerprint density at radius 2 is 1.69 bits per heavy atom. The highest BCUT2D eigenvalue weighted by atomic mass is 16.5. The van der Waals surface area contributed by atoms with Gasteiger partial charge in [-0.15, -0.1) is 0 Å². The lowest BCUT2D eigenvalue weighted by Crippen LogP contribution is -2.37. The molecule has 0 aliphatic carbocycles. The third-order valence-corrected chi connectivity index (χ3v) is 4.56. The molecule has 0 unspecified atom stereocenters. The van der Waals surface area contributed by atoms with Crippen LogP contribution in [0.2, 0.25) is 0 Å². The second-order valence-corrected chi connectivity index (χ2v) is 6.54. The van der Waals surface area contributed by atoms with Crippen molar-refractivity contribution in [1.82, 2.24) is 15.5 Å². The second-order valence-electron chi connectivity index (χ2n) is 6.54. The van der Waals surface area contributed by atoms with E-state index in [4.69, 9.17) is 4.74 Å². The summed E-state index contributed by atoms with van der Waals surface area (Å²) in [5.74, 6) is 1.70.